The molecule has 2 N–H and O–H groups in total. The van der Waals surface area contributed by atoms with Crippen LogP contribution in [0.15, 0.2) is 96.4 Å². The Labute approximate surface area is 241 Å². The van der Waals surface area contributed by atoms with Crippen molar-refractivity contribution in [3.63, 3.8) is 0 Å². The minimum absolute atomic E-state index is 0.0507. The number of nitrogens with zero attached hydrogens (tertiary/aromatic N) is 1. The summed E-state index contributed by atoms with van der Waals surface area (Å²) in [5.74, 6) is 0.161. The van der Waals surface area contributed by atoms with E-state index in [4.69, 9.17) is 36.3 Å². The van der Waals surface area contributed by atoms with Gasteiger partial charge < -0.3 is 24.7 Å². The van der Waals surface area contributed by atoms with Gasteiger partial charge >= 0.3 is 5.97 Å². The second kappa shape index (κ2) is 12.0. The van der Waals surface area contributed by atoms with Gasteiger partial charge in [-0.05, 0) is 59.2 Å². The molecule has 0 fully saturated rings. The van der Waals surface area contributed by atoms with Crippen LogP contribution in [0.3, 0.4) is 0 Å². The molecule has 0 saturated heterocycles. The highest BCUT2D eigenvalue weighted by Crippen LogP contribution is 2.45. The number of benzene rings is 4. The van der Waals surface area contributed by atoms with Crippen molar-refractivity contribution in [2.24, 2.45) is 5.73 Å². The van der Waals surface area contributed by atoms with Crippen LogP contribution in [-0.2, 0) is 17.8 Å². The number of halogens is 2. The fourth-order valence-corrected chi connectivity index (χ4v) is 4.63. The van der Waals surface area contributed by atoms with E-state index in [0.29, 0.717) is 33.4 Å². The molecular weight excluding hydrogens is 547 g/mol. The fourth-order valence-electron chi connectivity index (χ4n) is 4.50. The van der Waals surface area contributed by atoms with Crippen LogP contribution in [0.1, 0.15) is 28.2 Å². The molecule has 0 spiro atoms. The molecule has 4 aromatic rings. The van der Waals surface area contributed by atoms with Crippen LogP contribution in [0.4, 0.5) is 4.39 Å². The number of fused-ring (bicyclic) bond motifs is 1. The fraction of sp³-hybridized carbons (Fsp3) is 0.125. The van der Waals surface area contributed by atoms with Crippen LogP contribution in [0.5, 0.6) is 23.0 Å². The van der Waals surface area contributed by atoms with Gasteiger partial charge in [-0.25, -0.2) is 4.39 Å². The molecule has 0 saturated carbocycles. The number of nitriles is 1. The van der Waals surface area contributed by atoms with E-state index in [1.807, 2.05) is 6.07 Å². The number of ether oxygens (including phenoxy) is 4. The Morgan fingerprint density at radius 3 is 2.44 bits per heavy atom. The van der Waals surface area contributed by atoms with Crippen LogP contribution in [0.2, 0.25) is 5.02 Å². The van der Waals surface area contributed by atoms with E-state index in [1.165, 1.54) is 19.2 Å². The average molecular weight is 571 g/mol. The number of nitrogens with two attached hydrogens (primary N) is 1. The number of hydrogen-bond acceptors (Lipinski definition) is 7. The molecule has 0 aliphatic carbocycles. The molecule has 5 rings (SSSR count). The third-order valence-corrected chi connectivity index (χ3v) is 6.76. The van der Waals surface area contributed by atoms with Gasteiger partial charge in [-0.15, -0.1) is 0 Å². The van der Waals surface area contributed by atoms with Crippen LogP contribution < -0.4 is 24.7 Å². The highest BCUT2D eigenvalue weighted by Gasteiger charge is 2.32. The third-order valence-electron chi connectivity index (χ3n) is 6.51. The van der Waals surface area contributed by atoms with E-state index in [2.05, 4.69) is 6.07 Å². The van der Waals surface area contributed by atoms with Crippen LogP contribution in [-0.4, -0.2) is 13.1 Å². The monoisotopic (exact) mass is 570 g/mol. The first-order valence-corrected chi connectivity index (χ1v) is 12.9. The SMILES string of the molecule is COc1cc(C2C(C#N)=C(N)Oc3cc(OC(=O)Cc4ccc(Cl)cc4)ccc32)ccc1OCc1ccc(F)cc1. The molecule has 1 heterocycles. The zero-order valence-corrected chi connectivity index (χ0v) is 22.7. The van der Waals surface area contributed by atoms with E-state index in [-0.39, 0.29) is 36.1 Å². The summed E-state index contributed by atoms with van der Waals surface area (Å²) in [4.78, 5) is 12.5. The summed E-state index contributed by atoms with van der Waals surface area (Å²) >= 11 is 5.91. The van der Waals surface area contributed by atoms with Crippen molar-refractivity contribution in [1.82, 2.24) is 0 Å². The van der Waals surface area contributed by atoms with Gasteiger partial charge in [-0.1, -0.05) is 48.0 Å². The van der Waals surface area contributed by atoms with Gasteiger partial charge in [0.05, 0.1) is 19.4 Å². The van der Waals surface area contributed by atoms with Gasteiger partial charge in [-0.2, -0.15) is 5.26 Å². The average Bonchev–Trinajstić information content (AvgIpc) is 2.97. The summed E-state index contributed by atoms with van der Waals surface area (Å²) in [6.45, 7) is 0.214. The Balaban J connectivity index is 1.39. The van der Waals surface area contributed by atoms with Gasteiger partial charge in [0.2, 0.25) is 5.88 Å². The maximum absolute atomic E-state index is 13.2. The molecule has 0 bridgehead atoms. The molecule has 1 aliphatic rings. The van der Waals surface area contributed by atoms with Crippen LogP contribution >= 0.6 is 11.6 Å². The summed E-state index contributed by atoms with van der Waals surface area (Å²) < 4.78 is 36.0. The number of carbonyl (C=O) groups is 1. The van der Waals surface area contributed by atoms with Crippen molar-refractivity contribution >= 4 is 17.6 Å². The smallest absolute Gasteiger partial charge is 0.315 e. The summed E-state index contributed by atoms with van der Waals surface area (Å²) in [5, 5.41) is 10.5. The van der Waals surface area contributed by atoms with Gasteiger partial charge in [-0.3, -0.25) is 4.79 Å². The lowest BCUT2D eigenvalue weighted by Gasteiger charge is -2.27. The Bertz CT molecular complexity index is 1660. The third kappa shape index (κ3) is 6.26. The first kappa shape index (κ1) is 27.6. The molecule has 9 heteroatoms. The Morgan fingerprint density at radius 2 is 1.73 bits per heavy atom. The van der Waals surface area contributed by atoms with Gasteiger partial charge in [0, 0.05) is 16.7 Å². The number of methoxy groups -OCH3 is 1. The maximum atomic E-state index is 13.2. The summed E-state index contributed by atoms with van der Waals surface area (Å²) in [5.41, 5.74) is 9.32. The zero-order chi connectivity index (χ0) is 28.9. The molecule has 1 aliphatic heterocycles. The minimum Gasteiger partial charge on any atom is -0.493 e. The van der Waals surface area contributed by atoms with Crippen LogP contribution in [0, 0.1) is 17.1 Å². The predicted octanol–water partition coefficient (Wildman–Crippen LogP) is 6.43. The highest BCUT2D eigenvalue weighted by molar-refractivity contribution is 6.30. The second-order valence-electron chi connectivity index (χ2n) is 9.23. The molecule has 1 atom stereocenters. The zero-order valence-electron chi connectivity index (χ0n) is 21.9. The van der Waals surface area contributed by atoms with Gasteiger partial charge in [0.15, 0.2) is 11.5 Å². The normalized spacial score (nSPS) is 14.0. The Kier molecular flexibility index (Phi) is 8.09. The van der Waals surface area contributed by atoms with Gasteiger partial charge in [0.25, 0.3) is 0 Å². The second-order valence-corrected chi connectivity index (χ2v) is 9.66. The molecule has 0 radical (unpaired) electrons. The molecule has 1 unspecified atom stereocenters. The van der Waals surface area contributed by atoms with E-state index in [1.54, 1.807) is 66.7 Å². The van der Waals surface area contributed by atoms with E-state index in [9.17, 15) is 14.4 Å². The summed E-state index contributed by atoms with van der Waals surface area (Å²) in [6.07, 6.45) is 0.0632. The van der Waals surface area contributed by atoms with E-state index >= 15 is 0 Å². The van der Waals surface area contributed by atoms with Crippen molar-refractivity contribution in [1.29, 1.82) is 5.26 Å². The molecule has 4 aromatic carbocycles. The highest BCUT2D eigenvalue weighted by atomic mass is 35.5. The quantitative estimate of drug-likeness (QED) is 0.192. The van der Waals surface area contributed by atoms with E-state index < -0.39 is 11.9 Å². The summed E-state index contributed by atoms with van der Waals surface area (Å²) in [6, 6.07) is 25.4. The van der Waals surface area contributed by atoms with Crippen molar-refractivity contribution in [3.8, 4) is 29.1 Å². The number of esters is 1. The topological polar surface area (TPSA) is 104 Å². The number of rotatable bonds is 8. The Hall–Kier alpha value is -5.00. The first-order valence-electron chi connectivity index (χ1n) is 12.6. The number of allylic oxidation sites excluding steroid dienone is 1. The molecule has 41 heavy (non-hydrogen) atoms. The molecule has 7 nitrogen and oxygen atoms in total. The number of carbonyl (C=O) groups excluding carboxylic acids is 1. The molecular formula is C32H24ClFN2O5. The molecule has 0 amide bonds. The molecule has 0 aromatic heterocycles. The van der Waals surface area contributed by atoms with Crippen LogP contribution in [0.25, 0.3) is 0 Å². The first-order chi connectivity index (χ1) is 19.8. The standard InChI is InChI=1S/C32H24ClFN2O5/c1-38-29-15-21(6-13-27(29)39-18-20-4-9-23(34)10-5-20)31-25-12-11-24(16-28(25)41-32(36)26(31)17-35)40-30(37)14-19-2-7-22(33)8-3-19/h2-13,15-16,31H,14,18,36H2,1H3. The maximum Gasteiger partial charge on any atom is 0.315 e. The van der Waals surface area contributed by atoms with Crippen molar-refractivity contribution < 1.29 is 28.1 Å². The largest absolute Gasteiger partial charge is 0.493 e. The van der Waals surface area contributed by atoms with Gasteiger partial charge in [0.1, 0.15) is 35.6 Å². The number of hydrogen-bond donors (Lipinski definition) is 1. The summed E-state index contributed by atoms with van der Waals surface area (Å²) in [7, 11) is 1.52. The van der Waals surface area contributed by atoms with E-state index in [0.717, 1.165) is 11.1 Å². The lowest BCUT2D eigenvalue weighted by molar-refractivity contribution is -0.133. The minimum atomic E-state index is -0.567. The molecule has 206 valence electrons. The lowest BCUT2D eigenvalue weighted by Crippen LogP contribution is -2.21. The van der Waals surface area contributed by atoms with Crippen molar-refractivity contribution in [3.05, 3.63) is 129 Å². The van der Waals surface area contributed by atoms with Crippen molar-refractivity contribution in [2.75, 3.05) is 7.11 Å². The lowest BCUT2D eigenvalue weighted by atomic mass is 9.83. The Morgan fingerprint density at radius 1 is 1.00 bits per heavy atom. The van der Waals surface area contributed by atoms with Crippen molar-refractivity contribution in [2.45, 2.75) is 18.9 Å². The predicted molar refractivity (Wildman–Crippen MR) is 150 cm³/mol.